The monoisotopic (exact) mass is 383 g/mol. The van der Waals surface area contributed by atoms with Crippen molar-refractivity contribution < 1.29 is 32.6 Å². The van der Waals surface area contributed by atoms with Gasteiger partial charge in [0.15, 0.2) is 6.61 Å². The maximum Gasteiger partial charge on any atom is 0.387 e. The molecule has 0 radical (unpaired) electrons. The van der Waals surface area contributed by atoms with Gasteiger partial charge in [0.2, 0.25) is 5.78 Å². The summed E-state index contributed by atoms with van der Waals surface area (Å²) in [6, 6.07) is 8.80. The molecule has 0 saturated carbocycles. The van der Waals surface area contributed by atoms with E-state index in [2.05, 4.69) is 10.1 Å². The summed E-state index contributed by atoms with van der Waals surface area (Å²) in [5.74, 6) is -2.26. The maximum atomic E-state index is 12.3. The maximum absolute atomic E-state index is 12.3. The fourth-order valence-electron chi connectivity index (χ4n) is 1.95. The SMILES string of the molecule is Cc1ccc(C(=O)COC(=O)CNC(=O)c2ccccc2OC(F)F)s1. The fraction of sp³-hybridized carbons (Fsp3) is 0.235. The number of hydrogen-bond acceptors (Lipinski definition) is 6. The molecule has 1 N–H and O–H groups in total. The van der Waals surface area contributed by atoms with E-state index in [-0.39, 0.29) is 17.1 Å². The van der Waals surface area contributed by atoms with Crippen LogP contribution in [0.2, 0.25) is 0 Å². The first-order valence-electron chi connectivity index (χ1n) is 7.44. The number of carbonyl (C=O) groups excluding carboxylic acids is 3. The Morgan fingerprint density at radius 2 is 1.88 bits per heavy atom. The number of halogens is 2. The summed E-state index contributed by atoms with van der Waals surface area (Å²) in [6.07, 6.45) is 0. The van der Waals surface area contributed by atoms with Crippen LogP contribution in [-0.4, -0.2) is 37.4 Å². The van der Waals surface area contributed by atoms with E-state index >= 15 is 0 Å². The lowest BCUT2D eigenvalue weighted by atomic mass is 10.2. The van der Waals surface area contributed by atoms with Crippen LogP contribution in [0, 0.1) is 6.92 Å². The number of nitrogens with one attached hydrogen (secondary N) is 1. The van der Waals surface area contributed by atoms with E-state index in [1.54, 1.807) is 12.1 Å². The second-order valence-electron chi connectivity index (χ2n) is 5.05. The molecule has 0 saturated heterocycles. The van der Waals surface area contributed by atoms with Crippen LogP contribution in [0.25, 0.3) is 0 Å². The van der Waals surface area contributed by atoms with Gasteiger partial charge in [-0.15, -0.1) is 11.3 Å². The second-order valence-corrected chi connectivity index (χ2v) is 6.34. The highest BCUT2D eigenvalue weighted by Gasteiger charge is 2.17. The molecule has 0 aliphatic carbocycles. The van der Waals surface area contributed by atoms with Gasteiger partial charge >= 0.3 is 12.6 Å². The minimum Gasteiger partial charge on any atom is -0.456 e. The Morgan fingerprint density at radius 1 is 1.15 bits per heavy atom. The Labute approximate surface area is 151 Å². The van der Waals surface area contributed by atoms with Gasteiger partial charge in [0.05, 0.1) is 10.4 Å². The van der Waals surface area contributed by atoms with Gasteiger partial charge in [0.1, 0.15) is 12.3 Å². The number of amides is 1. The predicted molar refractivity (Wildman–Crippen MR) is 89.8 cm³/mol. The molecule has 0 atom stereocenters. The number of ketones is 1. The number of aryl methyl sites for hydroxylation is 1. The molecule has 1 heterocycles. The Hall–Kier alpha value is -2.81. The smallest absolute Gasteiger partial charge is 0.387 e. The Morgan fingerprint density at radius 3 is 2.54 bits per heavy atom. The number of thiophene rings is 1. The van der Waals surface area contributed by atoms with Crippen molar-refractivity contribution in [2.75, 3.05) is 13.2 Å². The van der Waals surface area contributed by atoms with Crippen LogP contribution >= 0.6 is 11.3 Å². The lowest BCUT2D eigenvalue weighted by molar-refractivity contribution is -0.141. The summed E-state index contributed by atoms with van der Waals surface area (Å²) in [5.41, 5.74) is -0.147. The zero-order valence-electron chi connectivity index (χ0n) is 13.7. The molecule has 6 nitrogen and oxygen atoms in total. The highest BCUT2D eigenvalue weighted by Crippen LogP contribution is 2.20. The fourth-order valence-corrected chi connectivity index (χ4v) is 2.75. The summed E-state index contributed by atoms with van der Waals surface area (Å²) in [5, 5.41) is 2.23. The average Bonchev–Trinajstić information content (AvgIpc) is 3.04. The van der Waals surface area contributed by atoms with Crippen LogP contribution in [-0.2, 0) is 9.53 Å². The molecule has 138 valence electrons. The van der Waals surface area contributed by atoms with Crippen LogP contribution in [0.15, 0.2) is 36.4 Å². The van der Waals surface area contributed by atoms with Crippen LogP contribution in [0.4, 0.5) is 8.78 Å². The van der Waals surface area contributed by atoms with E-state index in [0.29, 0.717) is 4.88 Å². The highest BCUT2D eigenvalue weighted by atomic mass is 32.1. The molecule has 0 fully saturated rings. The van der Waals surface area contributed by atoms with E-state index in [4.69, 9.17) is 4.74 Å². The van der Waals surface area contributed by atoms with Crippen LogP contribution in [0.5, 0.6) is 5.75 Å². The van der Waals surface area contributed by atoms with Crippen molar-refractivity contribution in [1.29, 1.82) is 0 Å². The van der Waals surface area contributed by atoms with Crippen molar-refractivity contribution in [3.8, 4) is 5.75 Å². The van der Waals surface area contributed by atoms with E-state index in [9.17, 15) is 23.2 Å². The molecule has 1 aromatic carbocycles. The van der Waals surface area contributed by atoms with Crippen molar-refractivity contribution >= 4 is 29.0 Å². The molecule has 9 heteroatoms. The van der Waals surface area contributed by atoms with E-state index < -0.39 is 31.6 Å². The molecular weight excluding hydrogens is 368 g/mol. The summed E-state index contributed by atoms with van der Waals surface area (Å²) in [7, 11) is 0. The van der Waals surface area contributed by atoms with Crippen molar-refractivity contribution in [2.45, 2.75) is 13.5 Å². The molecule has 0 bridgehead atoms. The minimum absolute atomic E-state index is 0.147. The first kappa shape index (κ1) is 19.5. The van der Waals surface area contributed by atoms with Crippen LogP contribution in [0.3, 0.4) is 0 Å². The minimum atomic E-state index is -3.08. The molecule has 0 aliphatic heterocycles. The number of ether oxygens (including phenoxy) is 2. The van der Waals surface area contributed by atoms with Gasteiger partial charge in [-0.05, 0) is 31.2 Å². The average molecular weight is 383 g/mol. The number of alkyl halides is 2. The first-order valence-corrected chi connectivity index (χ1v) is 8.25. The van der Waals surface area contributed by atoms with Gasteiger partial charge in [0.25, 0.3) is 5.91 Å². The van der Waals surface area contributed by atoms with Gasteiger partial charge < -0.3 is 14.8 Å². The normalized spacial score (nSPS) is 10.5. The molecule has 1 aromatic heterocycles. The second kappa shape index (κ2) is 9.04. The summed E-state index contributed by atoms with van der Waals surface area (Å²) >= 11 is 1.28. The van der Waals surface area contributed by atoms with Gasteiger partial charge in [-0.2, -0.15) is 8.78 Å². The number of benzene rings is 1. The molecule has 26 heavy (non-hydrogen) atoms. The summed E-state index contributed by atoms with van der Waals surface area (Å²) in [4.78, 5) is 36.9. The lowest BCUT2D eigenvalue weighted by Crippen LogP contribution is -2.31. The van der Waals surface area contributed by atoms with Crippen LogP contribution < -0.4 is 10.1 Å². The summed E-state index contributed by atoms with van der Waals surface area (Å²) < 4.78 is 33.7. The Bertz CT molecular complexity index is 806. The van der Waals surface area contributed by atoms with Gasteiger partial charge in [-0.1, -0.05) is 12.1 Å². The Balaban J connectivity index is 1.83. The highest BCUT2D eigenvalue weighted by molar-refractivity contribution is 7.14. The lowest BCUT2D eigenvalue weighted by Gasteiger charge is -2.10. The molecule has 1 amide bonds. The standard InChI is InChI=1S/C17H15F2NO5S/c1-10-6-7-14(26-10)12(21)9-24-15(22)8-20-16(23)11-4-2-3-5-13(11)25-17(18)19/h2-7,17H,8-9H2,1H3,(H,20,23). The largest absolute Gasteiger partial charge is 0.456 e. The predicted octanol–water partition coefficient (Wildman–Crippen LogP) is 2.81. The van der Waals surface area contributed by atoms with Crippen molar-refractivity contribution in [1.82, 2.24) is 5.32 Å². The number of carbonyl (C=O) groups is 3. The number of esters is 1. The molecule has 2 rings (SSSR count). The first-order chi connectivity index (χ1) is 12.4. The molecular formula is C17H15F2NO5S. The molecule has 0 spiro atoms. The number of hydrogen-bond donors (Lipinski definition) is 1. The van der Waals surface area contributed by atoms with Crippen molar-refractivity contribution in [2.24, 2.45) is 0 Å². The molecule has 0 unspecified atom stereocenters. The van der Waals surface area contributed by atoms with Gasteiger partial charge in [0, 0.05) is 4.88 Å². The third kappa shape index (κ3) is 5.62. The van der Waals surface area contributed by atoms with E-state index in [1.807, 2.05) is 6.92 Å². The quantitative estimate of drug-likeness (QED) is 0.560. The zero-order chi connectivity index (χ0) is 19.1. The van der Waals surface area contributed by atoms with Gasteiger partial charge in [-0.3, -0.25) is 14.4 Å². The number of rotatable bonds is 8. The Kier molecular flexibility index (Phi) is 6.79. The topological polar surface area (TPSA) is 81.7 Å². The number of para-hydroxylation sites is 1. The summed E-state index contributed by atoms with van der Waals surface area (Å²) in [6.45, 7) is -2.20. The third-order valence-corrected chi connectivity index (χ3v) is 4.16. The van der Waals surface area contributed by atoms with E-state index in [1.165, 1.54) is 35.6 Å². The van der Waals surface area contributed by atoms with Gasteiger partial charge in [-0.25, -0.2) is 0 Å². The third-order valence-electron chi connectivity index (χ3n) is 3.12. The van der Waals surface area contributed by atoms with Crippen molar-refractivity contribution in [3.63, 3.8) is 0 Å². The molecule has 2 aromatic rings. The van der Waals surface area contributed by atoms with Crippen molar-refractivity contribution in [3.05, 3.63) is 51.7 Å². The van der Waals surface area contributed by atoms with E-state index in [0.717, 1.165) is 4.88 Å². The van der Waals surface area contributed by atoms with Crippen LogP contribution in [0.1, 0.15) is 24.9 Å². The molecule has 0 aliphatic rings. The number of Topliss-reactive ketones (excluding diaryl/α,β-unsaturated/α-hetero) is 1. The zero-order valence-corrected chi connectivity index (χ0v) is 14.5.